The Bertz CT molecular complexity index is 650. The number of para-hydroxylation sites is 1. The van der Waals surface area contributed by atoms with Crippen molar-refractivity contribution in [3.05, 3.63) is 45.8 Å². The molecule has 1 amide bonds. The Kier molecular flexibility index (Phi) is 3.15. The lowest BCUT2D eigenvalue weighted by molar-refractivity contribution is -0.384. The number of amides is 1. The molecule has 2 rings (SSSR count). The van der Waals surface area contributed by atoms with E-state index >= 15 is 0 Å². The number of nitrogens with one attached hydrogen (secondary N) is 2. The van der Waals surface area contributed by atoms with Crippen molar-refractivity contribution < 1.29 is 14.8 Å². The van der Waals surface area contributed by atoms with E-state index in [1.807, 2.05) is 0 Å². The number of hydrogen-bond donors (Lipinski definition) is 3. The first-order valence-corrected chi connectivity index (χ1v) is 5.28. The van der Waals surface area contributed by atoms with E-state index in [9.17, 15) is 20.0 Å². The number of anilines is 1. The number of aromatic hydroxyl groups is 1. The number of H-pyrrole nitrogens is 1. The first-order chi connectivity index (χ1) is 9.00. The molecule has 0 atom stereocenters. The Morgan fingerprint density at radius 1 is 1.53 bits per heavy atom. The SMILES string of the molecule is Cc1[nH]ncc1C(=O)Nc1c(O)cccc1[N+](=O)[O-]. The highest BCUT2D eigenvalue weighted by Gasteiger charge is 2.21. The van der Waals surface area contributed by atoms with Gasteiger partial charge in [-0.05, 0) is 13.0 Å². The third kappa shape index (κ3) is 2.37. The molecule has 0 spiro atoms. The summed E-state index contributed by atoms with van der Waals surface area (Å²) in [6.45, 7) is 1.64. The predicted molar refractivity (Wildman–Crippen MR) is 66.0 cm³/mol. The largest absolute Gasteiger partial charge is 0.505 e. The summed E-state index contributed by atoms with van der Waals surface area (Å²) in [6, 6.07) is 3.77. The number of carbonyl (C=O) groups is 1. The maximum atomic E-state index is 11.9. The van der Waals surface area contributed by atoms with E-state index in [0.29, 0.717) is 5.69 Å². The van der Waals surface area contributed by atoms with Crippen LogP contribution in [0, 0.1) is 17.0 Å². The molecule has 3 N–H and O–H groups in total. The van der Waals surface area contributed by atoms with Gasteiger partial charge < -0.3 is 10.4 Å². The van der Waals surface area contributed by atoms with Gasteiger partial charge in [0, 0.05) is 11.8 Å². The van der Waals surface area contributed by atoms with Gasteiger partial charge in [0.25, 0.3) is 11.6 Å². The Labute approximate surface area is 107 Å². The van der Waals surface area contributed by atoms with Crippen LogP contribution in [0.25, 0.3) is 0 Å². The van der Waals surface area contributed by atoms with Crippen LogP contribution >= 0.6 is 0 Å². The average molecular weight is 262 g/mol. The molecule has 98 valence electrons. The molecule has 1 heterocycles. The van der Waals surface area contributed by atoms with Gasteiger partial charge in [-0.3, -0.25) is 20.0 Å². The zero-order valence-corrected chi connectivity index (χ0v) is 9.88. The summed E-state index contributed by atoms with van der Waals surface area (Å²) in [4.78, 5) is 22.1. The molecular formula is C11H10N4O4. The Balaban J connectivity index is 2.36. The zero-order valence-electron chi connectivity index (χ0n) is 9.88. The van der Waals surface area contributed by atoms with Crippen LogP contribution in [0.3, 0.4) is 0 Å². The summed E-state index contributed by atoms with van der Waals surface area (Å²) in [5, 5.41) is 29.0. The van der Waals surface area contributed by atoms with Crippen molar-refractivity contribution >= 4 is 17.3 Å². The van der Waals surface area contributed by atoms with Crippen LogP contribution in [0.15, 0.2) is 24.4 Å². The van der Waals surface area contributed by atoms with Crippen LogP contribution in [0.2, 0.25) is 0 Å². The third-order valence-electron chi connectivity index (χ3n) is 2.53. The number of aromatic amines is 1. The highest BCUT2D eigenvalue weighted by atomic mass is 16.6. The first-order valence-electron chi connectivity index (χ1n) is 5.28. The number of hydrogen-bond acceptors (Lipinski definition) is 5. The number of nitro groups is 1. The highest BCUT2D eigenvalue weighted by molar-refractivity contribution is 6.06. The van der Waals surface area contributed by atoms with Crippen molar-refractivity contribution in [1.82, 2.24) is 10.2 Å². The van der Waals surface area contributed by atoms with E-state index in [1.54, 1.807) is 6.92 Å². The molecule has 1 aromatic carbocycles. The molecule has 0 aliphatic heterocycles. The molecule has 0 unspecified atom stereocenters. The first kappa shape index (κ1) is 12.6. The molecule has 2 aromatic rings. The number of aryl methyl sites for hydroxylation is 1. The fourth-order valence-corrected chi connectivity index (χ4v) is 1.57. The van der Waals surface area contributed by atoms with Gasteiger partial charge in [0.15, 0.2) is 5.69 Å². The molecule has 19 heavy (non-hydrogen) atoms. The minimum Gasteiger partial charge on any atom is -0.505 e. The van der Waals surface area contributed by atoms with Crippen LogP contribution in [0.5, 0.6) is 5.75 Å². The summed E-state index contributed by atoms with van der Waals surface area (Å²) in [5.41, 5.74) is 0.153. The minimum atomic E-state index is -0.683. The number of nitro benzene ring substituents is 1. The predicted octanol–water partition coefficient (Wildman–Crippen LogP) is 1.58. The van der Waals surface area contributed by atoms with E-state index in [2.05, 4.69) is 15.5 Å². The summed E-state index contributed by atoms with van der Waals surface area (Å²) in [7, 11) is 0. The smallest absolute Gasteiger partial charge is 0.296 e. The maximum absolute atomic E-state index is 11.9. The van der Waals surface area contributed by atoms with Gasteiger partial charge >= 0.3 is 0 Å². The second kappa shape index (κ2) is 4.77. The van der Waals surface area contributed by atoms with Crippen molar-refractivity contribution in [1.29, 1.82) is 0 Å². The van der Waals surface area contributed by atoms with Crippen molar-refractivity contribution in [2.24, 2.45) is 0 Å². The van der Waals surface area contributed by atoms with Crippen molar-refractivity contribution in [2.75, 3.05) is 5.32 Å². The maximum Gasteiger partial charge on any atom is 0.296 e. The number of phenolic OH excluding ortho intramolecular Hbond substituents is 1. The molecule has 8 nitrogen and oxygen atoms in total. The number of aromatic nitrogens is 2. The van der Waals surface area contributed by atoms with Gasteiger partial charge in [-0.2, -0.15) is 5.10 Å². The molecule has 1 aromatic heterocycles. The molecule has 0 saturated carbocycles. The van der Waals surface area contributed by atoms with Gasteiger partial charge in [0.2, 0.25) is 0 Å². The van der Waals surface area contributed by atoms with E-state index in [0.717, 1.165) is 0 Å². The van der Waals surface area contributed by atoms with Crippen LogP contribution in [-0.4, -0.2) is 26.1 Å². The topological polar surface area (TPSA) is 121 Å². The van der Waals surface area contributed by atoms with Gasteiger partial charge in [0.1, 0.15) is 5.75 Å². The Morgan fingerprint density at radius 2 is 2.26 bits per heavy atom. The quantitative estimate of drug-likeness (QED) is 0.440. The second-order valence-electron chi connectivity index (χ2n) is 3.79. The fraction of sp³-hybridized carbons (Fsp3) is 0.0909. The average Bonchev–Trinajstić information content (AvgIpc) is 2.77. The summed E-state index contributed by atoms with van der Waals surface area (Å²) in [5.74, 6) is -0.959. The standard InChI is InChI=1S/C11H10N4O4/c1-6-7(5-12-14-6)11(17)13-10-8(15(18)19)3-2-4-9(10)16/h2-5,16H,1H3,(H,12,14)(H,13,17). The number of carbonyl (C=O) groups excluding carboxylic acids is 1. The second-order valence-corrected chi connectivity index (χ2v) is 3.79. The highest BCUT2D eigenvalue weighted by Crippen LogP contribution is 2.33. The van der Waals surface area contributed by atoms with E-state index < -0.39 is 10.8 Å². The lowest BCUT2D eigenvalue weighted by Crippen LogP contribution is -2.13. The molecule has 0 fully saturated rings. The summed E-state index contributed by atoms with van der Waals surface area (Å²) in [6.07, 6.45) is 1.30. The normalized spacial score (nSPS) is 10.2. The lowest BCUT2D eigenvalue weighted by atomic mass is 10.2. The van der Waals surface area contributed by atoms with E-state index in [4.69, 9.17) is 0 Å². The van der Waals surface area contributed by atoms with E-state index in [-0.39, 0.29) is 22.7 Å². The number of rotatable bonds is 3. The lowest BCUT2D eigenvalue weighted by Gasteiger charge is -2.07. The van der Waals surface area contributed by atoms with Crippen LogP contribution < -0.4 is 5.32 Å². The molecule has 0 radical (unpaired) electrons. The van der Waals surface area contributed by atoms with Crippen LogP contribution in [0.1, 0.15) is 16.1 Å². The van der Waals surface area contributed by atoms with E-state index in [1.165, 1.54) is 24.4 Å². The van der Waals surface area contributed by atoms with Crippen LogP contribution in [-0.2, 0) is 0 Å². The van der Waals surface area contributed by atoms with Crippen LogP contribution in [0.4, 0.5) is 11.4 Å². The summed E-state index contributed by atoms with van der Waals surface area (Å²) >= 11 is 0. The van der Waals surface area contributed by atoms with Crippen molar-refractivity contribution in [3.63, 3.8) is 0 Å². The molecule has 0 bridgehead atoms. The zero-order chi connectivity index (χ0) is 14.0. The molecule has 0 aliphatic carbocycles. The molecule has 0 aliphatic rings. The third-order valence-corrected chi connectivity index (χ3v) is 2.53. The van der Waals surface area contributed by atoms with Gasteiger partial charge in [-0.25, -0.2) is 0 Å². The van der Waals surface area contributed by atoms with Gasteiger partial charge in [0.05, 0.1) is 16.7 Å². The summed E-state index contributed by atoms with van der Waals surface area (Å²) < 4.78 is 0. The Hall–Kier alpha value is -2.90. The molecule has 8 heteroatoms. The number of benzene rings is 1. The van der Waals surface area contributed by atoms with Gasteiger partial charge in [-0.1, -0.05) is 6.07 Å². The minimum absolute atomic E-state index is 0.238. The fourth-order valence-electron chi connectivity index (χ4n) is 1.57. The van der Waals surface area contributed by atoms with Crippen molar-refractivity contribution in [3.8, 4) is 5.75 Å². The monoisotopic (exact) mass is 262 g/mol. The molecular weight excluding hydrogens is 252 g/mol. The molecule has 0 saturated heterocycles. The Morgan fingerprint density at radius 3 is 2.84 bits per heavy atom. The van der Waals surface area contributed by atoms with Gasteiger partial charge in [-0.15, -0.1) is 0 Å². The van der Waals surface area contributed by atoms with Crippen molar-refractivity contribution in [2.45, 2.75) is 6.92 Å². The number of phenols is 1. The number of nitrogens with zero attached hydrogens (tertiary/aromatic N) is 2.